The van der Waals surface area contributed by atoms with E-state index in [4.69, 9.17) is 4.74 Å². The second kappa shape index (κ2) is 10.2. The van der Waals surface area contributed by atoms with Crippen LogP contribution in [-0.2, 0) is 9.53 Å². The third kappa shape index (κ3) is 7.05. The van der Waals surface area contributed by atoms with Crippen LogP contribution in [0.4, 0.5) is 19.3 Å². The summed E-state index contributed by atoms with van der Waals surface area (Å²) in [5, 5.41) is 5.54. The van der Waals surface area contributed by atoms with E-state index in [2.05, 4.69) is 10.6 Å². The molecule has 1 aliphatic rings. The summed E-state index contributed by atoms with van der Waals surface area (Å²) in [5.41, 5.74) is 0.454. The lowest BCUT2D eigenvalue weighted by atomic mass is 9.93. The average molecular weight is 420 g/mol. The summed E-state index contributed by atoms with van der Waals surface area (Å²) < 4.78 is 31.3. The van der Waals surface area contributed by atoms with Crippen LogP contribution < -0.4 is 10.6 Å². The fraction of sp³-hybridized carbons (Fsp3) is 0.333. The van der Waals surface area contributed by atoms with Crippen molar-refractivity contribution in [2.75, 3.05) is 11.1 Å². The lowest BCUT2D eigenvalue weighted by Gasteiger charge is -2.29. The standard InChI is InChI=1S/C21H22F2N2O3S/c22-14-4-8-16(9-5-14)25-21(27)28-18-3-1-2-17(12-18)24-20(26)13-29-19-10-6-15(23)7-11-19/h4-11,17-18H,1-3,12-13H2,(H,24,26)(H,25,27)/t17-,18-/m0/s1. The molecule has 2 aromatic carbocycles. The van der Waals surface area contributed by atoms with Gasteiger partial charge in [0.1, 0.15) is 17.7 Å². The van der Waals surface area contributed by atoms with Crippen molar-refractivity contribution >= 4 is 29.4 Å². The number of hydrogen-bond acceptors (Lipinski definition) is 4. The van der Waals surface area contributed by atoms with E-state index in [1.54, 1.807) is 12.1 Å². The predicted molar refractivity (Wildman–Crippen MR) is 108 cm³/mol. The molecule has 0 spiro atoms. The Bertz CT molecular complexity index is 831. The highest BCUT2D eigenvalue weighted by atomic mass is 32.2. The Morgan fingerprint density at radius 2 is 1.66 bits per heavy atom. The highest BCUT2D eigenvalue weighted by Crippen LogP contribution is 2.23. The first-order valence-corrected chi connectivity index (χ1v) is 10.4. The van der Waals surface area contributed by atoms with Gasteiger partial charge in [0.15, 0.2) is 0 Å². The molecular formula is C21H22F2N2O3S. The summed E-state index contributed by atoms with van der Waals surface area (Å²) in [6.07, 6.45) is 2.05. The maximum absolute atomic E-state index is 12.9. The molecule has 0 aliphatic heterocycles. The molecule has 0 saturated heterocycles. The van der Waals surface area contributed by atoms with Crippen molar-refractivity contribution < 1.29 is 23.1 Å². The number of carbonyl (C=O) groups is 2. The molecule has 29 heavy (non-hydrogen) atoms. The van der Waals surface area contributed by atoms with Gasteiger partial charge in [0, 0.05) is 23.0 Å². The van der Waals surface area contributed by atoms with Crippen molar-refractivity contribution in [2.24, 2.45) is 0 Å². The number of ether oxygens (including phenoxy) is 1. The van der Waals surface area contributed by atoms with Crippen molar-refractivity contribution in [3.05, 3.63) is 60.2 Å². The smallest absolute Gasteiger partial charge is 0.411 e. The summed E-state index contributed by atoms with van der Waals surface area (Å²) in [6, 6.07) is 11.4. The summed E-state index contributed by atoms with van der Waals surface area (Å²) >= 11 is 1.34. The molecule has 1 fully saturated rings. The van der Waals surface area contributed by atoms with Gasteiger partial charge >= 0.3 is 6.09 Å². The molecule has 154 valence electrons. The Morgan fingerprint density at radius 3 is 2.34 bits per heavy atom. The lowest BCUT2D eigenvalue weighted by Crippen LogP contribution is -2.42. The molecule has 2 N–H and O–H groups in total. The number of nitrogens with one attached hydrogen (secondary N) is 2. The van der Waals surface area contributed by atoms with Crippen LogP contribution in [0.1, 0.15) is 25.7 Å². The van der Waals surface area contributed by atoms with Gasteiger partial charge in [-0.25, -0.2) is 13.6 Å². The van der Waals surface area contributed by atoms with Crippen LogP contribution >= 0.6 is 11.8 Å². The van der Waals surface area contributed by atoms with E-state index in [1.807, 2.05) is 0 Å². The van der Waals surface area contributed by atoms with Gasteiger partial charge in [-0.15, -0.1) is 11.8 Å². The zero-order valence-corrected chi connectivity index (χ0v) is 16.5. The van der Waals surface area contributed by atoms with Crippen molar-refractivity contribution in [1.29, 1.82) is 0 Å². The van der Waals surface area contributed by atoms with Gasteiger partial charge in [0.05, 0.1) is 5.75 Å². The number of thioether (sulfide) groups is 1. The van der Waals surface area contributed by atoms with Crippen LogP contribution in [-0.4, -0.2) is 29.9 Å². The Labute approximate surface area is 172 Å². The zero-order valence-electron chi connectivity index (χ0n) is 15.7. The summed E-state index contributed by atoms with van der Waals surface area (Å²) in [6.45, 7) is 0. The van der Waals surface area contributed by atoms with E-state index in [-0.39, 0.29) is 35.4 Å². The molecule has 3 rings (SSSR count). The zero-order chi connectivity index (χ0) is 20.6. The van der Waals surface area contributed by atoms with Gasteiger partial charge in [-0.2, -0.15) is 0 Å². The number of anilines is 1. The molecule has 0 radical (unpaired) electrons. The number of amides is 2. The molecule has 2 aromatic rings. The second-order valence-corrected chi connectivity index (χ2v) is 7.88. The van der Waals surface area contributed by atoms with Crippen LogP contribution in [0, 0.1) is 11.6 Å². The molecule has 0 bridgehead atoms. The van der Waals surface area contributed by atoms with Crippen LogP contribution in [0.5, 0.6) is 0 Å². The van der Waals surface area contributed by atoms with Gasteiger partial charge in [-0.1, -0.05) is 0 Å². The maximum Gasteiger partial charge on any atom is 0.411 e. The molecule has 1 aliphatic carbocycles. The van der Waals surface area contributed by atoms with Gasteiger partial charge in [-0.3, -0.25) is 10.1 Å². The van der Waals surface area contributed by atoms with Gasteiger partial charge in [0.2, 0.25) is 5.91 Å². The summed E-state index contributed by atoms with van der Waals surface area (Å²) in [4.78, 5) is 25.0. The molecular weight excluding hydrogens is 398 g/mol. The SMILES string of the molecule is O=C(CSc1ccc(F)cc1)N[C@H]1CCC[C@H](OC(=O)Nc2ccc(F)cc2)C1. The average Bonchev–Trinajstić information content (AvgIpc) is 2.69. The van der Waals surface area contributed by atoms with E-state index < -0.39 is 6.09 Å². The highest BCUT2D eigenvalue weighted by molar-refractivity contribution is 8.00. The molecule has 5 nitrogen and oxygen atoms in total. The first-order chi connectivity index (χ1) is 14.0. The Morgan fingerprint density at radius 1 is 1.00 bits per heavy atom. The maximum atomic E-state index is 12.9. The van der Waals surface area contributed by atoms with Gasteiger partial charge in [0.25, 0.3) is 0 Å². The fourth-order valence-electron chi connectivity index (χ4n) is 3.16. The van der Waals surface area contributed by atoms with Gasteiger partial charge in [-0.05, 0) is 67.8 Å². The van der Waals surface area contributed by atoms with Crippen LogP contribution in [0.25, 0.3) is 0 Å². The third-order valence-electron chi connectivity index (χ3n) is 4.54. The van der Waals surface area contributed by atoms with Gasteiger partial charge < -0.3 is 10.1 Å². The summed E-state index contributed by atoms with van der Waals surface area (Å²) in [7, 11) is 0. The first-order valence-electron chi connectivity index (χ1n) is 9.39. The van der Waals surface area contributed by atoms with Crippen molar-refractivity contribution in [2.45, 2.75) is 42.7 Å². The fourth-order valence-corrected chi connectivity index (χ4v) is 3.87. The minimum absolute atomic E-state index is 0.0614. The quantitative estimate of drug-likeness (QED) is 0.663. The Kier molecular flexibility index (Phi) is 7.46. The molecule has 0 aromatic heterocycles. The monoisotopic (exact) mass is 420 g/mol. The molecule has 2 amide bonds. The third-order valence-corrected chi connectivity index (χ3v) is 5.55. The second-order valence-electron chi connectivity index (χ2n) is 6.83. The minimum Gasteiger partial charge on any atom is -0.446 e. The molecule has 8 heteroatoms. The number of carbonyl (C=O) groups excluding carboxylic acids is 2. The van der Waals surface area contributed by atoms with E-state index in [9.17, 15) is 18.4 Å². The number of hydrogen-bond donors (Lipinski definition) is 2. The van der Waals surface area contributed by atoms with Crippen molar-refractivity contribution in [1.82, 2.24) is 5.32 Å². The minimum atomic E-state index is -0.597. The van der Waals surface area contributed by atoms with E-state index in [0.29, 0.717) is 12.1 Å². The topological polar surface area (TPSA) is 67.4 Å². The Balaban J connectivity index is 1.41. The normalized spacial score (nSPS) is 18.7. The highest BCUT2D eigenvalue weighted by Gasteiger charge is 2.26. The Hall–Kier alpha value is -2.61. The van der Waals surface area contributed by atoms with E-state index in [1.165, 1.54) is 48.2 Å². The molecule has 2 atom stereocenters. The van der Waals surface area contributed by atoms with E-state index in [0.717, 1.165) is 24.2 Å². The van der Waals surface area contributed by atoms with Crippen LogP contribution in [0.2, 0.25) is 0 Å². The van der Waals surface area contributed by atoms with Crippen LogP contribution in [0.3, 0.4) is 0 Å². The van der Waals surface area contributed by atoms with Crippen LogP contribution in [0.15, 0.2) is 53.4 Å². The largest absolute Gasteiger partial charge is 0.446 e. The lowest BCUT2D eigenvalue weighted by molar-refractivity contribution is -0.119. The molecule has 0 unspecified atom stereocenters. The molecule has 1 saturated carbocycles. The summed E-state index contributed by atoms with van der Waals surface area (Å²) in [5.74, 6) is -0.567. The number of halogens is 2. The van der Waals surface area contributed by atoms with Crippen molar-refractivity contribution in [3.8, 4) is 0 Å². The first kappa shape index (κ1) is 21.1. The van der Waals surface area contributed by atoms with Crippen molar-refractivity contribution in [3.63, 3.8) is 0 Å². The number of benzene rings is 2. The predicted octanol–water partition coefficient (Wildman–Crippen LogP) is 4.73. The molecule has 0 heterocycles. The number of rotatable bonds is 6. The van der Waals surface area contributed by atoms with E-state index >= 15 is 0 Å².